The number of ether oxygens (including phenoxy) is 1. The summed E-state index contributed by atoms with van der Waals surface area (Å²) in [5.41, 5.74) is 0.560. The highest BCUT2D eigenvalue weighted by atomic mass is 32.2. The molecule has 1 aromatic carbocycles. The van der Waals surface area contributed by atoms with E-state index in [1.54, 1.807) is 5.38 Å². The average molecular weight is 537 g/mol. The van der Waals surface area contributed by atoms with Crippen molar-refractivity contribution in [1.29, 1.82) is 0 Å². The van der Waals surface area contributed by atoms with Crippen molar-refractivity contribution in [2.45, 2.75) is 30.0 Å². The zero-order chi connectivity index (χ0) is 25.1. The maximum Gasteiger partial charge on any atom is 0.501 e. The Bertz CT molecular complexity index is 1300. The van der Waals surface area contributed by atoms with Crippen molar-refractivity contribution in [2.75, 3.05) is 5.32 Å². The Kier molecular flexibility index (Phi) is 7.54. The number of amides is 2. The lowest BCUT2D eigenvalue weighted by molar-refractivity contribution is -0.115. The third kappa shape index (κ3) is 5.88. The zero-order valence-corrected chi connectivity index (χ0v) is 19.3. The van der Waals surface area contributed by atoms with Gasteiger partial charge in [-0.3, -0.25) is 4.79 Å². The number of hydrogen-bond acceptors (Lipinski definition) is 10. The first kappa shape index (κ1) is 25.5. The minimum absolute atomic E-state index is 0.206. The van der Waals surface area contributed by atoms with E-state index in [1.165, 1.54) is 0 Å². The Hall–Kier alpha value is -3.08. The molecular weight excluding hydrogens is 521 g/mol. The number of benzene rings is 1. The van der Waals surface area contributed by atoms with E-state index in [0.29, 0.717) is 21.3 Å². The van der Waals surface area contributed by atoms with Crippen LogP contribution in [0.3, 0.4) is 0 Å². The Balaban J connectivity index is 1.69. The summed E-state index contributed by atoms with van der Waals surface area (Å²) in [4.78, 5) is 31.2. The molecular formula is C18H15F3N4O6S3. The molecule has 0 saturated carbocycles. The number of carbonyl (C=O) groups excluding carboxylic acids is 2. The minimum Gasteiger partial charge on any atom is -0.443 e. The summed E-state index contributed by atoms with van der Waals surface area (Å²) < 4.78 is 65.4. The standard InChI is InChI=1S/C18H15F3N4O6S3/c19-18(20,21)34(29,30)10-3-1-9(2-4-10)5-13(27)25-17-24-12(8-32-17)15-11(7-31-16(22)28)23-14(6-26)33-15/h1-4,8,26H,5-7H2,(H2,22,28)(H,24,25,27). The number of aliphatic hydroxyl groups excluding tert-OH is 1. The van der Waals surface area contributed by atoms with Gasteiger partial charge in [0.25, 0.3) is 9.84 Å². The number of hydrogen-bond donors (Lipinski definition) is 3. The van der Waals surface area contributed by atoms with Gasteiger partial charge in [-0.2, -0.15) is 13.2 Å². The maximum absolute atomic E-state index is 12.6. The van der Waals surface area contributed by atoms with Crippen LogP contribution in [0.15, 0.2) is 34.5 Å². The summed E-state index contributed by atoms with van der Waals surface area (Å²) >= 11 is 2.19. The van der Waals surface area contributed by atoms with Gasteiger partial charge in [-0.1, -0.05) is 12.1 Å². The van der Waals surface area contributed by atoms with E-state index >= 15 is 0 Å². The number of nitrogens with one attached hydrogen (secondary N) is 1. The Morgan fingerprint density at radius 3 is 2.44 bits per heavy atom. The van der Waals surface area contributed by atoms with E-state index in [2.05, 4.69) is 15.3 Å². The summed E-state index contributed by atoms with van der Waals surface area (Å²) in [6.07, 6.45) is -1.24. The summed E-state index contributed by atoms with van der Waals surface area (Å²) in [6.45, 7) is -0.578. The number of aliphatic hydroxyl groups is 1. The van der Waals surface area contributed by atoms with Crippen LogP contribution in [0.5, 0.6) is 0 Å². The van der Waals surface area contributed by atoms with E-state index in [9.17, 15) is 36.3 Å². The molecule has 0 fully saturated rings. The van der Waals surface area contributed by atoms with Gasteiger partial charge in [0, 0.05) is 5.38 Å². The largest absolute Gasteiger partial charge is 0.501 e. The molecule has 34 heavy (non-hydrogen) atoms. The predicted octanol–water partition coefficient (Wildman–Crippen LogP) is 2.83. The van der Waals surface area contributed by atoms with Crippen LogP contribution in [0.4, 0.5) is 23.1 Å². The lowest BCUT2D eigenvalue weighted by atomic mass is 10.1. The maximum atomic E-state index is 12.6. The number of nitrogens with two attached hydrogens (primary N) is 1. The number of carbonyl (C=O) groups is 2. The van der Waals surface area contributed by atoms with E-state index < -0.39 is 32.2 Å². The van der Waals surface area contributed by atoms with Crippen LogP contribution in [0.2, 0.25) is 0 Å². The number of rotatable bonds is 8. The van der Waals surface area contributed by atoms with Gasteiger partial charge < -0.3 is 20.9 Å². The summed E-state index contributed by atoms with van der Waals surface area (Å²) in [5.74, 6) is -0.537. The van der Waals surface area contributed by atoms with Crippen LogP contribution in [-0.2, 0) is 39.0 Å². The lowest BCUT2D eigenvalue weighted by Gasteiger charge is -2.08. The average Bonchev–Trinajstić information content (AvgIpc) is 3.38. The molecule has 0 aliphatic heterocycles. The fourth-order valence-corrected chi connectivity index (χ4v) is 5.05. The zero-order valence-electron chi connectivity index (χ0n) is 16.8. The van der Waals surface area contributed by atoms with Gasteiger partial charge in [0.15, 0.2) is 5.13 Å². The van der Waals surface area contributed by atoms with Gasteiger partial charge >= 0.3 is 11.6 Å². The molecule has 10 nitrogen and oxygen atoms in total. The molecule has 0 atom stereocenters. The van der Waals surface area contributed by atoms with Crippen molar-refractivity contribution >= 4 is 49.6 Å². The summed E-state index contributed by atoms with van der Waals surface area (Å²) in [6, 6.07) is 3.80. The van der Waals surface area contributed by atoms with E-state index in [0.717, 1.165) is 46.9 Å². The van der Waals surface area contributed by atoms with Crippen molar-refractivity contribution in [3.63, 3.8) is 0 Å². The first-order valence-electron chi connectivity index (χ1n) is 9.08. The van der Waals surface area contributed by atoms with E-state index in [4.69, 9.17) is 10.5 Å². The molecule has 0 unspecified atom stereocenters. The molecule has 3 aromatic rings. The number of sulfone groups is 1. The Morgan fingerprint density at radius 1 is 1.18 bits per heavy atom. The van der Waals surface area contributed by atoms with Crippen molar-refractivity contribution in [1.82, 2.24) is 9.97 Å². The quantitative estimate of drug-likeness (QED) is 0.396. The second-order valence-corrected chi connectivity index (χ2v) is 10.4. The molecule has 2 heterocycles. The molecule has 0 spiro atoms. The van der Waals surface area contributed by atoms with Crippen molar-refractivity contribution in [3.05, 3.63) is 45.9 Å². The first-order valence-corrected chi connectivity index (χ1v) is 12.3. The number of alkyl halides is 3. The molecule has 4 N–H and O–H groups in total. The van der Waals surface area contributed by atoms with Crippen molar-refractivity contribution in [2.24, 2.45) is 5.73 Å². The van der Waals surface area contributed by atoms with Crippen molar-refractivity contribution in [3.8, 4) is 10.6 Å². The molecule has 2 aromatic heterocycles. The molecule has 2 amide bonds. The molecule has 0 aliphatic carbocycles. The third-order valence-corrected chi connectivity index (χ3v) is 7.48. The van der Waals surface area contributed by atoms with Crippen LogP contribution in [0.25, 0.3) is 10.6 Å². The van der Waals surface area contributed by atoms with Gasteiger partial charge in [-0.25, -0.2) is 23.2 Å². The molecule has 16 heteroatoms. The molecule has 182 valence electrons. The van der Waals surface area contributed by atoms with Crippen LogP contribution < -0.4 is 11.1 Å². The normalized spacial score (nSPS) is 11.9. The number of anilines is 1. The van der Waals surface area contributed by atoms with Gasteiger partial charge in [0.05, 0.1) is 34.2 Å². The van der Waals surface area contributed by atoms with E-state index in [-0.39, 0.29) is 30.3 Å². The number of aromatic nitrogens is 2. The molecule has 0 aliphatic rings. The summed E-state index contributed by atoms with van der Waals surface area (Å²) in [5, 5.41) is 14.0. The number of halogens is 3. The van der Waals surface area contributed by atoms with Gasteiger partial charge in [0.2, 0.25) is 5.91 Å². The van der Waals surface area contributed by atoms with Gasteiger partial charge in [-0.15, -0.1) is 22.7 Å². The fraction of sp³-hybridized carbons (Fsp3) is 0.222. The predicted molar refractivity (Wildman–Crippen MR) is 116 cm³/mol. The highest BCUT2D eigenvalue weighted by Crippen LogP contribution is 2.33. The molecule has 0 bridgehead atoms. The molecule has 0 radical (unpaired) electrons. The molecule has 0 saturated heterocycles. The third-order valence-electron chi connectivity index (χ3n) is 4.11. The minimum atomic E-state index is -5.47. The highest BCUT2D eigenvalue weighted by molar-refractivity contribution is 7.92. The van der Waals surface area contributed by atoms with Gasteiger partial charge in [-0.05, 0) is 17.7 Å². The van der Waals surface area contributed by atoms with Crippen LogP contribution in [0, 0.1) is 0 Å². The van der Waals surface area contributed by atoms with Crippen molar-refractivity contribution < 1.29 is 41.0 Å². The number of nitrogens with zero attached hydrogens (tertiary/aromatic N) is 2. The Morgan fingerprint density at radius 2 is 1.85 bits per heavy atom. The SMILES string of the molecule is NC(=O)OCc1nc(CO)sc1-c1csc(NC(=O)Cc2ccc(S(=O)(=O)C(F)(F)F)cc2)n1. The second-order valence-electron chi connectivity index (χ2n) is 6.51. The second kappa shape index (κ2) is 10.0. The van der Waals surface area contributed by atoms with Crippen LogP contribution in [-0.4, -0.2) is 41.0 Å². The van der Waals surface area contributed by atoms with Gasteiger partial charge in [0.1, 0.15) is 11.6 Å². The Labute approximate surface area is 198 Å². The topological polar surface area (TPSA) is 162 Å². The summed E-state index contributed by atoms with van der Waals surface area (Å²) in [7, 11) is -5.47. The first-order chi connectivity index (χ1) is 15.9. The fourth-order valence-electron chi connectivity index (χ4n) is 2.61. The highest BCUT2D eigenvalue weighted by Gasteiger charge is 2.46. The number of thiazole rings is 2. The number of primary amides is 1. The monoisotopic (exact) mass is 536 g/mol. The van der Waals surface area contributed by atoms with E-state index in [1.807, 2.05) is 0 Å². The molecule has 3 rings (SSSR count). The van der Waals surface area contributed by atoms with Crippen LogP contribution in [0.1, 0.15) is 16.3 Å². The smallest absolute Gasteiger partial charge is 0.443 e. The van der Waals surface area contributed by atoms with Crippen LogP contribution >= 0.6 is 22.7 Å². The lowest BCUT2D eigenvalue weighted by Crippen LogP contribution is -2.23.